The zero-order chi connectivity index (χ0) is 23.8. The molecule has 0 aromatic heterocycles. The van der Waals surface area contributed by atoms with Crippen LogP contribution in [0.4, 0.5) is 0 Å². The first-order valence-corrected chi connectivity index (χ1v) is 12.7. The van der Waals surface area contributed by atoms with Crippen molar-refractivity contribution in [1.82, 2.24) is 0 Å². The summed E-state index contributed by atoms with van der Waals surface area (Å²) >= 11 is 12.2. The van der Waals surface area contributed by atoms with Crippen LogP contribution in [0, 0.1) is 5.92 Å². The minimum absolute atomic E-state index is 0.0351. The molecule has 4 nitrogen and oxygen atoms in total. The zero-order valence-electron chi connectivity index (χ0n) is 19.1. The van der Waals surface area contributed by atoms with Crippen LogP contribution in [0.25, 0.3) is 0 Å². The van der Waals surface area contributed by atoms with Gasteiger partial charge in [-0.05, 0) is 80.3 Å². The molecule has 3 aliphatic rings. The first-order chi connectivity index (χ1) is 16.4. The van der Waals surface area contributed by atoms with Crippen molar-refractivity contribution >= 4 is 40.7 Å². The van der Waals surface area contributed by atoms with Crippen molar-refractivity contribution in [3.8, 4) is 0 Å². The Morgan fingerprint density at radius 1 is 0.912 bits per heavy atom. The molecule has 1 unspecified atom stereocenters. The molecule has 176 valence electrons. The highest BCUT2D eigenvalue weighted by Crippen LogP contribution is 2.47. The molecule has 6 heteroatoms. The van der Waals surface area contributed by atoms with E-state index in [4.69, 9.17) is 32.9 Å². The highest BCUT2D eigenvalue weighted by Gasteiger charge is 2.45. The molecule has 0 amide bonds. The number of hydrogen-bond acceptors (Lipinski definition) is 4. The minimum Gasteiger partial charge on any atom is -0.462 e. The number of allylic oxidation sites excluding steroid dienone is 2. The molecule has 1 heterocycles. The quantitative estimate of drug-likeness (QED) is 0.426. The van der Waals surface area contributed by atoms with Crippen molar-refractivity contribution in [2.75, 3.05) is 0 Å². The van der Waals surface area contributed by atoms with Crippen molar-refractivity contribution in [3.63, 3.8) is 0 Å². The molecule has 0 radical (unpaired) electrons. The normalized spacial score (nSPS) is 25.2. The highest BCUT2D eigenvalue weighted by molar-refractivity contribution is 6.30. The molecule has 2 aromatic carbocycles. The molecule has 5 rings (SSSR count). The maximum Gasteiger partial charge on any atom is 0.315 e. The van der Waals surface area contributed by atoms with E-state index in [0.29, 0.717) is 34.2 Å². The Morgan fingerprint density at radius 2 is 1.50 bits per heavy atom. The summed E-state index contributed by atoms with van der Waals surface area (Å²) in [4.78, 5) is 31.9. The topological polar surface area (TPSA) is 55.7 Å². The molecule has 0 N–H and O–H groups in total. The number of nitrogens with zero attached hydrogens (tertiary/aromatic N) is 1. The lowest BCUT2D eigenvalue weighted by Crippen LogP contribution is -2.39. The van der Waals surface area contributed by atoms with Gasteiger partial charge in [-0.25, -0.2) is 0 Å². The van der Waals surface area contributed by atoms with E-state index in [1.54, 1.807) is 12.1 Å². The van der Waals surface area contributed by atoms with Crippen molar-refractivity contribution in [2.24, 2.45) is 10.9 Å². The summed E-state index contributed by atoms with van der Waals surface area (Å²) in [6.45, 7) is 1.88. The molecule has 3 atom stereocenters. The number of esters is 1. The van der Waals surface area contributed by atoms with Gasteiger partial charge in [0.15, 0.2) is 5.78 Å². The van der Waals surface area contributed by atoms with Gasteiger partial charge in [0.05, 0.1) is 0 Å². The van der Waals surface area contributed by atoms with E-state index in [2.05, 4.69) is 0 Å². The maximum atomic E-state index is 13.6. The van der Waals surface area contributed by atoms with Gasteiger partial charge in [0.2, 0.25) is 0 Å². The predicted molar refractivity (Wildman–Crippen MR) is 135 cm³/mol. The van der Waals surface area contributed by atoms with Crippen LogP contribution >= 0.6 is 23.2 Å². The average Bonchev–Trinajstić information content (AvgIpc) is 3.32. The summed E-state index contributed by atoms with van der Waals surface area (Å²) < 4.78 is 5.92. The van der Waals surface area contributed by atoms with Crippen LogP contribution in [0.3, 0.4) is 0 Å². The molecular formula is C28H27Cl2NO3. The van der Waals surface area contributed by atoms with E-state index in [1.165, 1.54) is 0 Å². The molecule has 0 saturated heterocycles. The van der Waals surface area contributed by atoms with Crippen molar-refractivity contribution < 1.29 is 14.3 Å². The number of benzene rings is 2. The highest BCUT2D eigenvalue weighted by atomic mass is 35.5. The van der Waals surface area contributed by atoms with Gasteiger partial charge < -0.3 is 4.74 Å². The van der Waals surface area contributed by atoms with Gasteiger partial charge in [-0.3, -0.25) is 14.6 Å². The summed E-state index contributed by atoms with van der Waals surface area (Å²) in [5.41, 5.74) is 4.08. The largest absolute Gasteiger partial charge is 0.462 e. The number of carbonyl (C=O) groups is 2. The minimum atomic E-state index is -0.614. The van der Waals surface area contributed by atoms with E-state index < -0.39 is 11.8 Å². The number of rotatable bonds is 4. The third-order valence-electron chi connectivity index (χ3n) is 7.30. The standard InChI is InChI=1S/C28H27Cl2NO3/c1-16-25(28(33)34-22-4-2-3-5-22)26(18-8-12-21(30)13-9-18)27-23(31-16)14-19(15-24(27)32)17-6-10-20(29)11-7-17/h6-13,19,22,25-26H,2-5,14-15H2,1H3/t19-,25?,26+/m1/s1. The smallest absolute Gasteiger partial charge is 0.315 e. The summed E-state index contributed by atoms with van der Waals surface area (Å²) in [7, 11) is 0. The Morgan fingerprint density at radius 3 is 2.12 bits per heavy atom. The lowest BCUT2D eigenvalue weighted by atomic mass is 9.69. The average molecular weight is 496 g/mol. The number of ether oxygens (including phenoxy) is 1. The second-order valence-electron chi connectivity index (χ2n) is 9.54. The molecule has 1 aliphatic heterocycles. The van der Waals surface area contributed by atoms with E-state index >= 15 is 0 Å². The lowest BCUT2D eigenvalue weighted by molar-refractivity contribution is -0.151. The van der Waals surface area contributed by atoms with Crippen LogP contribution in [0.1, 0.15) is 68.4 Å². The molecule has 1 saturated carbocycles. The molecule has 2 aliphatic carbocycles. The molecule has 0 spiro atoms. The fourth-order valence-electron chi connectivity index (χ4n) is 5.61. The Labute approximate surface area is 210 Å². The van der Waals surface area contributed by atoms with E-state index in [1.807, 2.05) is 43.3 Å². The van der Waals surface area contributed by atoms with Gasteiger partial charge in [0.25, 0.3) is 0 Å². The second-order valence-corrected chi connectivity index (χ2v) is 10.4. The lowest BCUT2D eigenvalue weighted by Gasteiger charge is -2.37. The fraction of sp³-hybridized carbons (Fsp3) is 0.393. The first kappa shape index (κ1) is 23.3. The van der Waals surface area contributed by atoms with E-state index in [-0.39, 0.29) is 23.8 Å². The van der Waals surface area contributed by atoms with Gasteiger partial charge in [0, 0.05) is 39.4 Å². The number of carbonyl (C=O) groups excluding carboxylic acids is 2. The van der Waals surface area contributed by atoms with Crippen LogP contribution in [0.2, 0.25) is 10.0 Å². The summed E-state index contributed by atoms with van der Waals surface area (Å²) in [5, 5.41) is 1.28. The molecule has 2 aromatic rings. The van der Waals surface area contributed by atoms with Gasteiger partial charge in [-0.2, -0.15) is 0 Å². The van der Waals surface area contributed by atoms with Gasteiger partial charge in [-0.15, -0.1) is 0 Å². The number of hydrogen-bond donors (Lipinski definition) is 0. The van der Waals surface area contributed by atoms with E-state index in [0.717, 1.165) is 42.5 Å². The molecule has 0 bridgehead atoms. The SMILES string of the molecule is CC1=NC2=C(C(=O)C[C@H](c3ccc(Cl)cc3)C2)[C@@H](c2ccc(Cl)cc2)C1C(=O)OC1CCCC1. The molecule has 1 fully saturated rings. The van der Waals surface area contributed by atoms with Gasteiger partial charge >= 0.3 is 5.97 Å². The molecular weight excluding hydrogens is 469 g/mol. The van der Waals surface area contributed by atoms with Gasteiger partial charge in [0.1, 0.15) is 12.0 Å². The van der Waals surface area contributed by atoms with Crippen molar-refractivity contribution in [1.29, 1.82) is 0 Å². The monoisotopic (exact) mass is 495 g/mol. The third kappa shape index (κ3) is 4.58. The first-order valence-electron chi connectivity index (χ1n) is 11.9. The second kappa shape index (κ2) is 9.67. The number of halogens is 2. The Balaban J connectivity index is 1.53. The third-order valence-corrected chi connectivity index (χ3v) is 7.80. The number of ketones is 1. The number of Topliss-reactive ketones (excluding diaryl/α,β-unsaturated/α-hetero) is 1. The van der Waals surface area contributed by atoms with Crippen LogP contribution in [0.15, 0.2) is 64.8 Å². The Kier molecular flexibility index (Phi) is 6.63. The summed E-state index contributed by atoms with van der Waals surface area (Å²) in [6, 6.07) is 15.1. The molecule has 34 heavy (non-hydrogen) atoms. The fourth-order valence-corrected chi connectivity index (χ4v) is 5.86. The van der Waals surface area contributed by atoms with Crippen molar-refractivity contribution in [2.45, 2.75) is 63.4 Å². The summed E-state index contributed by atoms with van der Waals surface area (Å²) in [5.74, 6) is -1.25. The maximum absolute atomic E-state index is 13.6. The zero-order valence-corrected chi connectivity index (χ0v) is 20.6. The van der Waals surface area contributed by atoms with Crippen LogP contribution < -0.4 is 0 Å². The van der Waals surface area contributed by atoms with Gasteiger partial charge in [-0.1, -0.05) is 47.5 Å². The van der Waals surface area contributed by atoms with Crippen molar-refractivity contribution in [3.05, 3.63) is 81.0 Å². The van der Waals surface area contributed by atoms with Crippen LogP contribution in [-0.4, -0.2) is 23.6 Å². The van der Waals surface area contributed by atoms with Crippen LogP contribution in [0.5, 0.6) is 0 Å². The Bertz CT molecular complexity index is 1160. The van der Waals surface area contributed by atoms with E-state index in [9.17, 15) is 9.59 Å². The Hall–Kier alpha value is -2.43. The predicted octanol–water partition coefficient (Wildman–Crippen LogP) is 7.05. The summed E-state index contributed by atoms with van der Waals surface area (Å²) in [6.07, 6.45) is 4.94. The number of aliphatic imine (C=N–C) groups is 1. The van der Waals surface area contributed by atoms with Crippen LogP contribution in [-0.2, 0) is 14.3 Å².